The quantitative estimate of drug-likeness (QED) is 0.817. The number of ether oxygens (including phenoxy) is 1. The van der Waals surface area contributed by atoms with Crippen LogP contribution in [0.5, 0.6) is 0 Å². The van der Waals surface area contributed by atoms with Crippen molar-refractivity contribution >= 4 is 17.7 Å². The lowest BCUT2D eigenvalue weighted by Crippen LogP contribution is -2.47. The molecule has 2 aromatic carbocycles. The Morgan fingerprint density at radius 1 is 1.00 bits per heavy atom. The van der Waals surface area contributed by atoms with Gasteiger partial charge in [-0.15, -0.1) is 0 Å². The van der Waals surface area contributed by atoms with Gasteiger partial charge in [0.05, 0.1) is 0 Å². The Hall–Kier alpha value is -2.82. The Balaban J connectivity index is 1.95. The molecule has 0 aromatic heterocycles. The van der Waals surface area contributed by atoms with Gasteiger partial charge in [0.25, 0.3) is 0 Å². The molecule has 0 heterocycles. The smallest absolute Gasteiger partial charge is 0.408 e. The van der Waals surface area contributed by atoms with Gasteiger partial charge in [0.2, 0.25) is 5.91 Å². The first-order chi connectivity index (χ1) is 12.4. The van der Waals surface area contributed by atoms with Crippen molar-refractivity contribution in [3.63, 3.8) is 0 Å². The lowest BCUT2D eigenvalue weighted by atomic mass is 10.0. The molecule has 5 nitrogen and oxygen atoms in total. The number of hydrogen-bond donors (Lipinski definition) is 2. The molecular weight excluding hydrogens is 328 g/mol. The Bertz CT molecular complexity index is 757. The molecule has 1 atom stereocenters. The summed E-state index contributed by atoms with van der Waals surface area (Å²) < 4.78 is 5.21. The summed E-state index contributed by atoms with van der Waals surface area (Å²) in [7, 11) is 0. The fourth-order valence-corrected chi connectivity index (χ4v) is 2.47. The first-order valence-corrected chi connectivity index (χ1v) is 8.72. The van der Waals surface area contributed by atoms with Crippen LogP contribution in [0.3, 0.4) is 0 Å². The van der Waals surface area contributed by atoms with Gasteiger partial charge in [-0.2, -0.15) is 0 Å². The van der Waals surface area contributed by atoms with Gasteiger partial charge >= 0.3 is 6.09 Å². The fourth-order valence-electron chi connectivity index (χ4n) is 2.47. The molecule has 0 radical (unpaired) electrons. The van der Waals surface area contributed by atoms with Gasteiger partial charge in [-0.25, -0.2) is 4.79 Å². The van der Waals surface area contributed by atoms with Crippen LogP contribution in [0.25, 0.3) is 0 Å². The zero-order valence-electron chi connectivity index (χ0n) is 15.7. The van der Waals surface area contributed by atoms with Crippen LogP contribution in [0, 0.1) is 19.8 Å². The highest BCUT2D eigenvalue weighted by Crippen LogP contribution is 2.15. The van der Waals surface area contributed by atoms with E-state index in [0.717, 1.165) is 16.7 Å². The normalized spacial score (nSPS) is 11.7. The molecule has 0 saturated heterocycles. The summed E-state index contributed by atoms with van der Waals surface area (Å²) in [6.07, 6.45) is -0.609. The number of alkyl carbamates (subject to hydrolysis) is 1. The highest BCUT2D eigenvalue weighted by molar-refractivity contribution is 5.96. The van der Waals surface area contributed by atoms with Crippen molar-refractivity contribution in [2.24, 2.45) is 5.92 Å². The molecule has 0 aliphatic carbocycles. The van der Waals surface area contributed by atoms with E-state index < -0.39 is 12.1 Å². The van der Waals surface area contributed by atoms with Crippen molar-refractivity contribution in [2.75, 3.05) is 5.32 Å². The third kappa shape index (κ3) is 5.62. The Kier molecular flexibility index (Phi) is 6.78. The van der Waals surface area contributed by atoms with Crippen LogP contribution in [-0.4, -0.2) is 18.0 Å². The molecule has 26 heavy (non-hydrogen) atoms. The SMILES string of the molecule is Cc1ccc(NC(=O)C(NC(=O)OCc2ccccc2)C(C)C)cc1C. The number of anilines is 1. The summed E-state index contributed by atoms with van der Waals surface area (Å²) in [4.78, 5) is 24.7. The van der Waals surface area contributed by atoms with Gasteiger partial charge in [-0.3, -0.25) is 4.79 Å². The van der Waals surface area contributed by atoms with Crippen molar-refractivity contribution < 1.29 is 14.3 Å². The molecule has 2 amide bonds. The van der Waals surface area contributed by atoms with Gasteiger partial charge in [0, 0.05) is 5.69 Å². The van der Waals surface area contributed by atoms with Crippen molar-refractivity contribution in [1.29, 1.82) is 0 Å². The average molecular weight is 354 g/mol. The number of rotatable bonds is 6. The van der Waals surface area contributed by atoms with E-state index in [1.54, 1.807) is 0 Å². The van der Waals surface area contributed by atoms with Crippen LogP contribution >= 0.6 is 0 Å². The maximum atomic E-state index is 12.6. The third-order valence-electron chi connectivity index (χ3n) is 4.21. The lowest BCUT2D eigenvalue weighted by molar-refractivity contribution is -0.119. The van der Waals surface area contributed by atoms with E-state index in [2.05, 4.69) is 10.6 Å². The van der Waals surface area contributed by atoms with Gasteiger partial charge in [-0.05, 0) is 48.6 Å². The molecule has 0 bridgehead atoms. The Labute approximate surface area is 154 Å². The molecule has 0 aliphatic rings. The summed E-state index contributed by atoms with van der Waals surface area (Å²) in [5, 5.41) is 5.52. The molecule has 5 heteroatoms. The van der Waals surface area contributed by atoms with E-state index in [4.69, 9.17) is 4.74 Å². The molecule has 2 rings (SSSR count). The first-order valence-electron chi connectivity index (χ1n) is 8.72. The second-order valence-corrected chi connectivity index (χ2v) is 6.72. The number of nitrogens with one attached hydrogen (secondary N) is 2. The average Bonchev–Trinajstić information content (AvgIpc) is 2.61. The zero-order valence-corrected chi connectivity index (χ0v) is 15.7. The second-order valence-electron chi connectivity index (χ2n) is 6.72. The van der Waals surface area contributed by atoms with Crippen molar-refractivity contribution in [3.05, 3.63) is 65.2 Å². The Morgan fingerprint density at radius 3 is 2.31 bits per heavy atom. The van der Waals surface area contributed by atoms with Crippen LogP contribution in [0.1, 0.15) is 30.5 Å². The first kappa shape index (κ1) is 19.5. The van der Waals surface area contributed by atoms with Gasteiger partial charge in [0.15, 0.2) is 0 Å². The monoisotopic (exact) mass is 354 g/mol. The molecule has 2 aromatic rings. The predicted molar refractivity (Wildman–Crippen MR) is 103 cm³/mol. The van der Waals surface area contributed by atoms with E-state index in [1.165, 1.54) is 0 Å². The van der Waals surface area contributed by atoms with E-state index in [1.807, 2.05) is 76.2 Å². The number of carbonyl (C=O) groups is 2. The number of aryl methyl sites for hydroxylation is 2. The largest absolute Gasteiger partial charge is 0.445 e. The van der Waals surface area contributed by atoms with Gasteiger partial charge < -0.3 is 15.4 Å². The van der Waals surface area contributed by atoms with Crippen molar-refractivity contribution in [2.45, 2.75) is 40.3 Å². The molecule has 2 N–H and O–H groups in total. The van der Waals surface area contributed by atoms with E-state index >= 15 is 0 Å². The maximum Gasteiger partial charge on any atom is 0.408 e. The minimum atomic E-state index is -0.681. The second kappa shape index (κ2) is 9.04. The zero-order chi connectivity index (χ0) is 19.1. The molecule has 138 valence electrons. The van der Waals surface area contributed by atoms with E-state index in [9.17, 15) is 9.59 Å². The molecule has 0 fully saturated rings. The fraction of sp³-hybridized carbons (Fsp3) is 0.333. The summed E-state index contributed by atoms with van der Waals surface area (Å²) in [6.45, 7) is 7.92. The standard InChI is InChI=1S/C21H26N2O3/c1-14(2)19(20(24)22-18-11-10-15(3)16(4)12-18)23-21(25)26-13-17-8-6-5-7-9-17/h5-12,14,19H,13H2,1-4H3,(H,22,24)(H,23,25). The van der Waals surface area contributed by atoms with Gasteiger partial charge in [0.1, 0.15) is 12.6 Å². The molecular formula is C21H26N2O3. The van der Waals surface area contributed by atoms with Crippen LogP contribution in [0.2, 0.25) is 0 Å². The summed E-state index contributed by atoms with van der Waals surface area (Å²) in [6, 6.07) is 14.4. The van der Waals surface area contributed by atoms with Crippen LogP contribution in [0.15, 0.2) is 48.5 Å². The Morgan fingerprint density at radius 2 is 1.69 bits per heavy atom. The van der Waals surface area contributed by atoms with E-state index in [-0.39, 0.29) is 18.4 Å². The van der Waals surface area contributed by atoms with Crippen molar-refractivity contribution in [1.82, 2.24) is 5.32 Å². The minimum Gasteiger partial charge on any atom is -0.445 e. The third-order valence-corrected chi connectivity index (χ3v) is 4.21. The van der Waals surface area contributed by atoms with Crippen molar-refractivity contribution in [3.8, 4) is 0 Å². The predicted octanol–water partition coefficient (Wildman–Crippen LogP) is 4.19. The minimum absolute atomic E-state index is 0.0779. The van der Waals surface area contributed by atoms with Crippen LogP contribution < -0.4 is 10.6 Å². The summed E-state index contributed by atoms with van der Waals surface area (Å²) >= 11 is 0. The van der Waals surface area contributed by atoms with Crippen LogP contribution in [0.4, 0.5) is 10.5 Å². The number of benzene rings is 2. The maximum absolute atomic E-state index is 12.6. The molecule has 0 aliphatic heterocycles. The summed E-state index contributed by atoms with van der Waals surface area (Å²) in [5.41, 5.74) is 3.86. The van der Waals surface area contributed by atoms with E-state index in [0.29, 0.717) is 5.69 Å². The number of amides is 2. The van der Waals surface area contributed by atoms with Gasteiger partial charge in [-0.1, -0.05) is 50.2 Å². The molecule has 0 spiro atoms. The topological polar surface area (TPSA) is 67.4 Å². The molecule has 1 unspecified atom stereocenters. The summed E-state index contributed by atoms with van der Waals surface area (Å²) in [5.74, 6) is -0.342. The highest BCUT2D eigenvalue weighted by atomic mass is 16.5. The van der Waals surface area contributed by atoms with Crippen LogP contribution in [-0.2, 0) is 16.1 Å². The molecule has 0 saturated carbocycles. The number of carbonyl (C=O) groups excluding carboxylic acids is 2. The highest BCUT2D eigenvalue weighted by Gasteiger charge is 2.25. The number of hydrogen-bond acceptors (Lipinski definition) is 3. The lowest BCUT2D eigenvalue weighted by Gasteiger charge is -2.21.